The standard InChI is InChI=1S/C12H11N3O4S/c1-5-7-9(16)13-4-14-10(7)20-8(5)11(17)15-2-6(3-15)12(18)19/h4,6H,2-3H2,1H3,(H,18,19)(H,13,14,16). The van der Waals surface area contributed by atoms with Crippen LogP contribution in [-0.2, 0) is 4.79 Å². The Balaban J connectivity index is 1.94. The van der Waals surface area contributed by atoms with Gasteiger partial charge in [-0.3, -0.25) is 14.4 Å². The second-order valence-corrected chi connectivity index (χ2v) is 5.71. The highest BCUT2D eigenvalue weighted by Crippen LogP contribution is 2.29. The number of hydrogen-bond acceptors (Lipinski definition) is 5. The van der Waals surface area contributed by atoms with E-state index in [-0.39, 0.29) is 24.6 Å². The Morgan fingerprint density at radius 1 is 1.50 bits per heavy atom. The van der Waals surface area contributed by atoms with Gasteiger partial charge in [0, 0.05) is 13.1 Å². The van der Waals surface area contributed by atoms with E-state index in [1.807, 2.05) is 0 Å². The van der Waals surface area contributed by atoms with Crippen LogP contribution < -0.4 is 5.56 Å². The number of rotatable bonds is 2. The van der Waals surface area contributed by atoms with Crippen molar-refractivity contribution in [1.29, 1.82) is 0 Å². The van der Waals surface area contributed by atoms with E-state index in [1.165, 1.54) is 11.2 Å². The predicted octanol–water partition coefficient (Wildman–Crippen LogP) is 0.450. The SMILES string of the molecule is Cc1c(C(=O)N2CC(C(=O)O)C2)sc2nc[nH]c(=O)c12. The minimum Gasteiger partial charge on any atom is -0.481 e. The summed E-state index contributed by atoms with van der Waals surface area (Å²) in [6.45, 7) is 2.13. The Hall–Kier alpha value is -2.22. The lowest BCUT2D eigenvalue weighted by Crippen LogP contribution is -2.52. The van der Waals surface area contributed by atoms with E-state index >= 15 is 0 Å². The van der Waals surface area contributed by atoms with Crippen LogP contribution in [0.25, 0.3) is 10.2 Å². The maximum Gasteiger partial charge on any atom is 0.310 e. The minimum atomic E-state index is -0.889. The first-order valence-corrected chi connectivity index (χ1v) is 6.79. The molecule has 0 unspecified atom stereocenters. The van der Waals surface area contributed by atoms with Gasteiger partial charge in [0.15, 0.2) is 0 Å². The number of aliphatic carboxylic acids is 1. The normalized spacial score (nSPS) is 15.3. The van der Waals surface area contributed by atoms with Gasteiger partial charge in [-0.25, -0.2) is 4.98 Å². The molecule has 1 amide bonds. The first-order valence-electron chi connectivity index (χ1n) is 5.98. The van der Waals surface area contributed by atoms with Gasteiger partial charge in [0.1, 0.15) is 4.83 Å². The maximum absolute atomic E-state index is 12.3. The second-order valence-electron chi connectivity index (χ2n) is 4.71. The molecule has 1 fully saturated rings. The molecule has 104 valence electrons. The third-order valence-electron chi connectivity index (χ3n) is 3.44. The van der Waals surface area contributed by atoms with Crippen molar-refractivity contribution in [3.8, 4) is 0 Å². The molecule has 3 rings (SSSR count). The van der Waals surface area contributed by atoms with Crippen LogP contribution in [0, 0.1) is 12.8 Å². The number of carbonyl (C=O) groups excluding carboxylic acids is 1. The highest BCUT2D eigenvalue weighted by atomic mass is 32.1. The molecule has 0 bridgehead atoms. The van der Waals surface area contributed by atoms with Crippen molar-refractivity contribution >= 4 is 33.4 Å². The zero-order chi connectivity index (χ0) is 14.4. The Kier molecular flexibility index (Phi) is 2.82. The third kappa shape index (κ3) is 1.80. The first-order chi connectivity index (χ1) is 9.49. The molecular formula is C12H11N3O4S. The van der Waals surface area contributed by atoms with Gasteiger partial charge < -0.3 is 15.0 Å². The number of H-pyrrole nitrogens is 1. The van der Waals surface area contributed by atoms with Crippen molar-refractivity contribution < 1.29 is 14.7 Å². The lowest BCUT2D eigenvalue weighted by molar-refractivity contribution is -0.146. The number of aromatic amines is 1. The number of carboxylic acid groups (broad SMARTS) is 1. The van der Waals surface area contributed by atoms with Gasteiger partial charge in [-0.1, -0.05) is 0 Å². The average Bonchev–Trinajstić information content (AvgIpc) is 2.65. The van der Waals surface area contributed by atoms with Gasteiger partial charge >= 0.3 is 5.97 Å². The lowest BCUT2D eigenvalue weighted by Gasteiger charge is -2.36. The second kappa shape index (κ2) is 4.41. The molecule has 1 saturated heterocycles. The predicted molar refractivity (Wildman–Crippen MR) is 72.0 cm³/mol. The Labute approximate surface area is 116 Å². The third-order valence-corrected chi connectivity index (χ3v) is 4.63. The zero-order valence-corrected chi connectivity index (χ0v) is 11.4. The monoisotopic (exact) mass is 293 g/mol. The van der Waals surface area contributed by atoms with Gasteiger partial charge in [0.05, 0.1) is 22.5 Å². The molecule has 8 heteroatoms. The molecule has 2 N–H and O–H groups in total. The largest absolute Gasteiger partial charge is 0.481 e. The first kappa shape index (κ1) is 12.8. The molecule has 0 aromatic carbocycles. The highest BCUT2D eigenvalue weighted by Gasteiger charge is 2.37. The van der Waals surface area contributed by atoms with E-state index in [4.69, 9.17) is 5.11 Å². The van der Waals surface area contributed by atoms with Crippen LogP contribution in [0.15, 0.2) is 11.1 Å². The molecule has 0 saturated carbocycles. The van der Waals surface area contributed by atoms with E-state index in [1.54, 1.807) is 6.92 Å². The van der Waals surface area contributed by atoms with Crippen LogP contribution >= 0.6 is 11.3 Å². The highest BCUT2D eigenvalue weighted by molar-refractivity contribution is 7.20. The van der Waals surface area contributed by atoms with Gasteiger partial charge in [-0.05, 0) is 12.5 Å². The Morgan fingerprint density at radius 2 is 2.20 bits per heavy atom. The summed E-state index contributed by atoms with van der Waals surface area (Å²) < 4.78 is 0. The van der Waals surface area contributed by atoms with Crippen molar-refractivity contribution in [3.05, 3.63) is 27.1 Å². The molecule has 0 atom stereocenters. The van der Waals surface area contributed by atoms with Crippen molar-refractivity contribution in [2.24, 2.45) is 5.92 Å². The molecule has 2 aromatic rings. The summed E-state index contributed by atoms with van der Waals surface area (Å²) in [5.74, 6) is -1.61. The van der Waals surface area contributed by atoms with E-state index in [0.29, 0.717) is 20.7 Å². The summed E-state index contributed by atoms with van der Waals surface area (Å²) in [6, 6.07) is 0. The fourth-order valence-electron chi connectivity index (χ4n) is 2.23. The molecule has 20 heavy (non-hydrogen) atoms. The van der Waals surface area contributed by atoms with Crippen molar-refractivity contribution in [2.75, 3.05) is 13.1 Å². The molecule has 1 aliphatic rings. The number of carbonyl (C=O) groups is 2. The molecule has 0 spiro atoms. The average molecular weight is 293 g/mol. The van der Waals surface area contributed by atoms with Crippen LogP contribution in [0.4, 0.5) is 0 Å². The number of amides is 1. The molecule has 0 aliphatic carbocycles. The number of fused-ring (bicyclic) bond motifs is 1. The molecule has 7 nitrogen and oxygen atoms in total. The van der Waals surface area contributed by atoms with Crippen LogP contribution in [0.3, 0.4) is 0 Å². The number of likely N-dealkylation sites (tertiary alicyclic amines) is 1. The van der Waals surface area contributed by atoms with Crippen LogP contribution in [-0.4, -0.2) is 44.9 Å². The number of carboxylic acids is 1. The topological polar surface area (TPSA) is 103 Å². The quantitative estimate of drug-likeness (QED) is 0.836. The number of thiophene rings is 1. The molecule has 0 radical (unpaired) electrons. The molecule has 3 heterocycles. The fraction of sp³-hybridized carbons (Fsp3) is 0.333. The lowest BCUT2D eigenvalue weighted by atomic mass is 10.00. The number of hydrogen-bond donors (Lipinski definition) is 2. The van der Waals surface area contributed by atoms with Crippen LogP contribution in [0.2, 0.25) is 0 Å². The maximum atomic E-state index is 12.3. The van der Waals surface area contributed by atoms with Crippen LogP contribution in [0.1, 0.15) is 15.2 Å². The zero-order valence-electron chi connectivity index (χ0n) is 10.5. The van der Waals surface area contributed by atoms with E-state index in [9.17, 15) is 14.4 Å². The summed E-state index contributed by atoms with van der Waals surface area (Å²) in [6.07, 6.45) is 1.30. The van der Waals surface area contributed by atoms with Crippen molar-refractivity contribution in [3.63, 3.8) is 0 Å². The van der Waals surface area contributed by atoms with E-state index in [0.717, 1.165) is 11.3 Å². The number of nitrogens with zero attached hydrogens (tertiary/aromatic N) is 2. The molecule has 2 aromatic heterocycles. The van der Waals surface area contributed by atoms with Crippen molar-refractivity contribution in [2.45, 2.75) is 6.92 Å². The van der Waals surface area contributed by atoms with Gasteiger partial charge in [-0.15, -0.1) is 11.3 Å². The summed E-state index contributed by atoms with van der Waals surface area (Å²) in [5, 5.41) is 9.24. The van der Waals surface area contributed by atoms with E-state index in [2.05, 4.69) is 9.97 Å². The summed E-state index contributed by atoms with van der Waals surface area (Å²) in [4.78, 5) is 43.8. The van der Waals surface area contributed by atoms with Gasteiger partial charge in [0.25, 0.3) is 11.5 Å². The summed E-state index contributed by atoms with van der Waals surface area (Å²) in [5.41, 5.74) is 0.331. The number of nitrogens with one attached hydrogen (secondary N) is 1. The molecular weight excluding hydrogens is 282 g/mol. The fourth-order valence-corrected chi connectivity index (χ4v) is 3.34. The number of aryl methyl sites for hydroxylation is 1. The summed E-state index contributed by atoms with van der Waals surface area (Å²) >= 11 is 1.16. The van der Waals surface area contributed by atoms with E-state index < -0.39 is 11.9 Å². The molecule has 1 aliphatic heterocycles. The number of aromatic nitrogens is 2. The van der Waals surface area contributed by atoms with Gasteiger partial charge in [-0.2, -0.15) is 0 Å². The Morgan fingerprint density at radius 3 is 2.80 bits per heavy atom. The summed E-state index contributed by atoms with van der Waals surface area (Å²) in [7, 11) is 0. The smallest absolute Gasteiger partial charge is 0.310 e. The van der Waals surface area contributed by atoms with Crippen LogP contribution in [0.5, 0.6) is 0 Å². The minimum absolute atomic E-state index is 0.214. The van der Waals surface area contributed by atoms with Crippen molar-refractivity contribution in [1.82, 2.24) is 14.9 Å². The Bertz CT molecular complexity index is 773. The van der Waals surface area contributed by atoms with Gasteiger partial charge in [0.2, 0.25) is 0 Å².